The van der Waals surface area contributed by atoms with Crippen LogP contribution in [0.5, 0.6) is 0 Å². The Morgan fingerprint density at radius 2 is 2.18 bits per heavy atom. The van der Waals surface area contributed by atoms with Gasteiger partial charge >= 0.3 is 0 Å². The Morgan fingerprint density at radius 3 is 2.65 bits per heavy atom. The summed E-state index contributed by atoms with van der Waals surface area (Å²) in [5.74, 6) is -0.768. The van der Waals surface area contributed by atoms with Crippen molar-refractivity contribution in [3.8, 4) is 0 Å². The molecule has 0 saturated carbocycles. The third-order valence-corrected chi connectivity index (χ3v) is 2.53. The second-order valence-corrected chi connectivity index (χ2v) is 5.09. The fourth-order valence-corrected chi connectivity index (χ4v) is 1.17. The summed E-state index contributed by atoms with van der Waals surface area (Å²) in [4.78, 5) is 15.1. The minimum Gasteiger partial charge on any atom is -0.327 e. The van der Waals surface area contributed by atoms with Gasteiger partial charge in [0.1, 0.15) is 0 Å². The molecule has 1 aromatic heterocycles. The van der Waals surface area contributed by atoms with E-state index in [9.17, 15) is 9.18 Å². The molecule has 0 radical (unpaired) electrons. The van der Waals surface area contributed by atoms with Crippen molar-refractivity contribution in [3.63, 3.8) is 0 Å². The first-order valence-corrected chi connectivity index (χ1v) is 5.46. The van der Waals surface area contributed by atoms with Gasteiger partial charge in [-0.1, -0.05) is 20.8 Å². The van der Waals surface area contributed by atoms with E-state index in [1.807, 2.05) is 20.8 Å². The zero-order valence-corrected chi connectivity index (χ0v) is 10.3. The predicted octanol–water partition coefficient (Wildman–Crippen LogP) is 1.92. The van der Waals surface area contributed by atoms with E-state index in [0.717, 1.165) is 0 Å². The topological polar surface area (TPSA) is 68.0 Å². The van der Waals surface area contributed by atoms with E-state index in [1.54, 1.807) is 0 Å². The number of hydrogen-bond donors (Lipinski definition) is 2. The van der Waals surface area contributed by atoms with Crippen molar-refractivity contribution < 1.29 is 9.18 Å². The van der Waals surface area contributed by atoms with Gasteiger partial charge < -0.3 is 11.1 Å². The maximum atomic E-state index is 12.5. The zero-order chi connectivity index (χ0) is 13.1. The molecule has 3 N–H and O–H groups in total. The number of hydrogen-bond acceptors (Lipinski definition) is 3. The highest BCUT2D eigenvalue weighted by Gasteiger charge is 2.23. The van der Waals surface area contributed by atoms with E-state index in [1.165, 1.54) is 18.3 Å². The summed E-state index contributed by atoms with van der Waals surface area (Å²) in [6.07, 6.45) is 1.50. The highest BCUT2D eigenvalue weighted by atomic mass is 19.1. The van der Waals surface area contributed by atoms with Gasteiger partial charge in [0, 0.05) is 12.5 Å². The van der Waals surface area contributed by atoms with Crippen LogP contribution in [0.25, 0.3) is 0 Å². The Kier molecular flexibility index (Phi) is 4.17. The minimum absolute atomic E-state index is 0.127. The normalized spacial score (nSPS) is 13.2. The summed E-state index contributed by atoms with van der Waals surface area (Å²) in [6.45, 7) is 5.93. The van der Waals surface area contributed by atoms with Gasteiger partial charge in [0.2, 0.25) is 11.9 Å². The molecule has 1 rings (SSSR count). The van der Waals surface area contributed by atoms with Crippen LogP contribution in [0.3, 0.4) is 0 Å². The molecule has 0 aromatic carbocycles. The molecular weight excluding hydrogens is 221 g/mol. The Morgan fingerprint density at radius 1 is 1.53 bits per heavy atom. The number of carbonyl (C=O) groups excluding carboxylic acids is 1. The van der Waals surface area contributed by atoms with Gasteiger partial charge in [-0.3, -0.25) is 4.79 Å². The Labute approximate surface area is 100 Å². The molecule has 0 aliphatic heterocycles. The average Bonchev–Trinajstić information content (AvgIpc) is 2.20. The fraction of sp³-hybridized carbons (Fsp3) is 0.500. The van der Waals surface area contributed by atoms with Gasteiger partial charge in [-0.15, -0.1) is 0 Å². The van der Waals surface area contributed by atoms with Crippen LogP contribution in [0, 0.1) is 11.4 Å². The first kappa shape index (κ1) is 13.6. The first-order valence-electron chi connectivity index (χ1n) is 5.46. The Bertz CT molecular complexity index is 384. The second kappa shape index (κ2) is 5.23. The van der Waals surface area contributed by atoms with Crippen molar-refractivity contribution in [1.29, 1.82) is 0 Å². The molecule has 0 saturated heterocycles. The first-order chi connectivity index (χ1) is 7.79. The summed E-state index contributed by atoms with van der Waals surface area (Å²) in [7, 11) is 0. The number of nitrogens with zero attached hydrogens (tertiary/aromatic N) is 1. The SMILES string of the molecule is CC(C)(C)C(N)CC(=O)Nc1ccc(F)nc1. The number of amides is 1. The lowest BCUT2D eigenvalue weighted by Gasteiger charge is -2.26. The van der Waals surface area contributed by atoms with Crippen LogP contribution >= 0.6 is 0 Å². The summed E-state index contributed by atoms with van der Waals surface area (Å²) in [5.41, 5.74) is 6.24. The molecule has 17 heavy (non-hydrogen) atoms. The third-order valence-electron chi connectivity index (χ3n) is 2.53. The molecule has 0 bridgehead atoms. The molecule has 0 fully saturated rings. The zero-order valence-electron chi connectivity index (χ0n) is 10.3. The number of carbonyl (C=O) groups is 1. The number of nitrogens with one attached hydrogen (secondary N) is 1. The minimum atomic E-state index is -0.575. The van der Waals surface area contributed by atoms with Gasteiger partial charge in [-0.25, -0.2) is 4.98 Å². The number of aromatic nitrogens is 1. The maximum Gasteiger partial charge on any atom is 0.225 e. The highest BCUT2D eigenvalue weighted by molar-refractivity contribution is 5.90. The largest absolute Gasteiger partial charge is 0.327 e. The molecule has 0 spiro atoms. The highest BCUT2D eigenvalue weighted by Crippen LogP contribution is 2.20. The Balaban J connectivity index is 2.53. The summed E-state index contributed by atoms with van der Waals surface area (Å²) < 4.78 is 12.5. The van der Waals surface area contributed by atoms with E-state index < -0.39 is 5.95 Å². The van der Waals surface area contributed by atoms with Gasteiger partial charge in [-0.2, -0.15) is 4.39 Å². The molecule has 1 aromatic rings. The standard InChI is InChI=1S/C12H18FN3O/c1-12(2,3)9(14)6-11(17)16-8-4-5-10(13)15-7-8/h4-5,7,9H,6,14H2,1-3H3,(H,16,17). The lowest BCUT2D eigenvalue weighted by molar-refractivity contribution is -0.117. The number of rotatable bonds is 3. The van der Waals surface area contributed by atoms with Crippen molar-refractivity contribution in [1.82, 2.24) is 4.98 Å². The molecule has 0 aliphatic carbocycles. The number of anilines is 1. The van der Waals surface area contributed by atoms with Gasteiger partial charge in [0.05, 0.1) is 11.9 Å². The van der Waals surface area contributed by atoms with Crippen molar-refractivity contribution >= 4 is 11.6 Å². The maximum absolute atomic E-state index is 12.5. The third kappa shape index (κ3) is 4.48. The smallest absolute Gasteiger partial charge is 0.225 e. The number of pyridine rings is 1. The Hall–Kier alpha value is -1.49. The predicted molar refractivity (Wildman–Crippen MR) is 64.9 cm³/mol. The van der Waals surface area contributed by atoms with E-state index in [-0.39, 0.29) is 23.8 Å². The van der Waals surface area contributed by atoms with Crippen LogP contribution in [-0.4, -0.2) is 16.9 Å². The van der Waals surface area contributed by atoms with Gasteiger partial charge in [0.15, 0.2) is 0 Å². The molecule has 1 unspecified atom stereocenters. The lowest BCUT2D eigenvalue weighted by atomic mass is 9.85. The van der Waals surface area contributed by atoms with Crippen LogP contribution in [0.15, 0.2) is 18.3 Å². The van der Waals surface area contributed by atoms with E-state index in [0.29, 0.717) is 5.69 Å². The fourth-order valence-electron chi connectivity index (χ4n) is 1.17. The number of nitrogens with two attached hydrogens (primary N) is 1. The molecular formula is C12H18FN3O. The molecule has 1 amide bonds. The summed E-state index contributed by atoms with van der Waals surface area (Å²) >= 11 is 0. The van der Waals surface area contributed by atoms with Crippen LogP contribution in [-0.2, 0) is 4.79 Å². The van der Waals surface area contributed by atoms with Crippen molar-refractivity contribution in [2.24, 2.45) is 11.1 Å². The van der Waals surface area contributed by atoms with Crippen molar-refractivity contribution in [3.05, 3.63) is 24.3 Å². The van der Waals surface area contributed by atoms with Crippen LogP contribution in [0.2, 0.25) is 0 Å². The van der Waals surface area contributed by atoms with Gasteiger partial charge in [0.25, 0.3) is 0 Å². The van der Waals surface area contributed by atoms with Gasteiger partial charge in [-0.05, 0) is 17.5 Å². The summed E-state index contributed by atoms with van der Waals surface area (Å²) in [6, 6.07) is 2.43. The average molecular weight is 239 g/mol. The second-order valence-electron chi connectivity index (χ2n) is 5.09. The van der Waals surface area contributed by atoms with Crippen LogP contribution in [0.1, 0.15) is 27.2 Å². The molecule has 1 heterocycles. The van der Waals surface area contributed by atoms with Crippen LogP contribution in [0.4, 0.5) is 10.1 Å². The quantitative estimate of drug-likeness (QED) is 0.792. The summed E-state index contributed by atoms with van der Waals surface area (Å²) in [5, 5.41) is 2.62. The van der Waals surface area contributed by atoms with Crippen LogP contribution < -0.4 is 11.1 Å². The lowest BCUT2D eigenvalue weighted by Crippen LogP contribution is -2.38. The van der Waals surface area contributed by atoms with Crippen molar-refractivity contribution in [2.45, 2.75) is 33.2 Å². The monoisotopic (exact) mass is 239 g/mol. The molecule has 0 aliphatic rings. The van der Waals surface area contributed by atoms with E-state index in [2.05, 4.69) is 10.3 Å². The molecule has 5 heteroatoms. The molecule has 4 nitrogen and oxygen atoms in total. The number of halogens is 1. The van der Waals surface area contributed by atoms with E-state index in [4.69, 9.17) is 5.73 Å². The van der Waals surface area contributed by atoms with Crippen molar-refractivity contribution in [2.75, 3.05) is 5.32 Å². The molecule has 1 atom stereocenters. The van der Waals surface area contributed by atoms with E-state index >= 15 is 0 Å². The molecule has 94 valence electrons.